The molecule has 5 heteroatoms. The zero-order valence-corrected chi connectivity index (χ0v) is 15.6. The highest BCUT2D eigenvalue weighted by Crippen LogP contribution is 2.27. The Kier molecular flexibility index (Phi) is 5.39. The first-order chi connectivity index (χ1) is 13.2. The van der Waals surface area contributed by atoms with Crippen LogP contribution in [0.25, 0.3) is 0 Å². The number of hydrazine groups is 1. The maximum absolute atomic E-state index is 13.2. The van der Waals surface area contributed by atoms with Gasteiger partial charge in [-0.15, -0.1) is 0 Å². The van der Waals surface area contributed by atoms with Crippen molar-refractivity contribution in [2.24, 2.45) is 5.92 Å². The zero-order valence-electron chi connectivity index (χ0n) is 15.6. The van der Waals surface area contributed by atoms with Gasteiger partial charge in [-0.2, -0.15) is 0 Å². The lowest BCUT2D eigenvalue weighted by molar-refractivity contribution is -0.00550. The highest BCUT2D eigenvalue weighted by Gasteiger charge is 2.35. The average molecular weight is 367 g/mol. The summed E-state index contributed by atoms with van der Waals surface area (Å²) in [5, 5.41) is 4.11. The number of carbonyl (C=O) groups is 1. The van der Waals surface area contributed by atoms with Crippen LogP contribution >= 0.6 is 0 Å². The zero-order chi connectivity index (χ0) is 18.6. The number of anilines is 1. The van der Waals surface area contributed by atoms with Gasteiger partial charge in [-0.3, -0.25) is 9.91 Å². The number of benzene rings is 2. The van der Waals surface area contributed by atoms with E-state index in [0.29, 0.717) is 19.0 Å². The summed E-state index contributed by atoms with van der Waals surface area (Å²) < 4.78 is 13.2. The summed E-state index contributed by atoms with van der Waals surface area (Å²) in [5.74, 6) is 0.339. The van der Waals surface area contributed by atoms with Crippen LogP contribution in [-0.4, -0.2) is 42.2 Å². The molecule has 0 N–H and O–H groups in total. The fourth-order valence-electron chi connectivity index (χ4n) is 4.16. The summed E-state index contributed by atoms with van der Waals surface area (Å²) >= 11 is 0. The Morgan fingerprint density at radius 2 is 1.74 bits per heavy atom. The van der Waals surface area contributed by atoms with E-state index in [-0.39, 0.29) is 11.8 Å². The van der Waals surface area contributed by atoms with Crippen molar-refractivity contribution in [3.8, 4) is 0 Å². The van der Waals surface area contributed by atoms with Gasteiger partial charge in [0.1, 0.15) is 5.82 Å². The van der Waals surface area contributed by atoms with E-state index in [1.807, 2.05) is 5.01 Å². The lowest BCUT2D eigenvalue weighted by Crippen LogP contribution is -2.50. The van der Waals surface area contributed by atoms with E-state index in [9.17, 15) is 9.18 Å². The second kappa shape index (κ2) is 8.09. The summed E-state index contributed by atoms with van der Waals surface area (Å²) in [4.78, 5) is 14.6. The normalized spacial score (nSPS) is 21.1. The Balaban J connectivity index is 1.35. The van der Waals surface area contributed by atoms with Crippen LogP contribution in [0.3, 0.4) is 0 Å². The van der Waals surface area contributed by atoms with Crippen LogP contribution in [0.1, 0.15) is 24.8 Å². The van der Waals surface area contributed by atoms with Gasteiger partial charge in [-0.25, -0.2) is 14.2 Å². The summed E-state index contributed by atoms with van der Waals surface area (Å²) in [6.45, 7) is 3.22. The van der Waals surface area contributed by atoms with Gasteiger partial charge >= 0.3 is 6.03 Å². The predicted octanol–water partition coefficient (Wildman–Crippen LogP) is 4.33. The van der Waals surface area contributed by atoms with Crippen molar-refractivity contribution in [2.45, 2.75) is 25.7 Å². The van der Waals surface area contributed by atoms with Crippen molar-refractivity contribution in [3.63, 3.8) is 0 Å². The molecule has 0 spiro atoms. The molecular weight excluding hydrogens is 341 g/mol. The van der Waals surface area contributed by atoms with Gasteiger partial charge in [0, 0.05) is 25.3 Å². The third kappa shape index (κ3) is 4.14. The molecular formula is C22H26FN3O. The number of piperidine rings is 1. The van der Waals surface area contributed by atoms with Crippen molar-refractivity contribution < 1.29 is 9.18 Å². The van der Waals surface area contributed by atoms with Crippen LogP contribution in [0.5, 0.6) is 0 Å². The molecule has 142 valence electrons. The van der Waals surface area contributed by atoms with Crippen molar-refractivity contribution in [1.29, 1.82) is 0 Å². The van der Waals surface area contributed by atoms with Gasteiger partial charge in [0.2, 0.25) is 0 Å². The summed E-state index contributed by atoms with van der Waals surface area (Å²) in [7, 11) is 0. The van der Waals surface area contributed by atoms with E-state index >= 15 is 0 Å². The molecule has 2 amide bonds. The minimum absolute atomic E-state index is 0.00492. The van der Waals surface area contributed by atoms with E-state index < -0.39 is 0 Å². The van der Waals surface area contributed by atoms with E-state index in [1.54, 1.807) is 17.0 Å². The fourth-order valence-corrected chi connectivity index (χ4v) is 4.16. The number of hydrogen-bond donors (Lipinski definition) is 0. The Hall–Kier alpha value is -2.40. The van der Waals surface area contributed by atoms with Gasteiger partial charge in [0.25, 0.3) is 0 Å². The fraction of sp³-hybridized carbons (Fsp3) is 0.409. The van der Waals surface area contributed by atoms with Crippen LogP contribution in [0.4, 0.5) is 14.9 Å². The molecule has 2 aliphatic heterocycles. The molecule has 2 fully saturated rings. The molecule has 0 saturated carbocycles. The third-order valence-electron chi connectivity index (χ3n) is 5.65. The second-order valence-electron chi connectivity index (χ2n) is 7.48. The van der Waals surface area contributed by atoms with Crippen LogP contribution in [0.15, 0.2) is 54.6 Å². The van der Waals surface area contributed by atoms with Gasteiger partial charge in [0.05, 0.1) is 6.54 Å². The standard InChI is InChI=1S/C22H26FN3O/c23-20-10-12-21(13-11-20)25-15-16-26(22(25)27)24-14-4-7-19(17-24)9-8-18-5-2-1-3-6-18/h1-3,5-6,10-13,19H,4,7-9,14-17H2/t19-/m0/s1. The van der Waals surface area contributed by atoms with Crippen molar-refractivity contribution in [1.82, 2.24) is 10.0 Å². The van der Waals surface area contributed by atoms with Crippen LogP contribution in [0.2, 0.25) is 0 Å². The molecule has 0 aromatic heterocycles. The summed E-state index contributed by atoms with van der Waals surface area (Å²) in [6.07, 6.45) is 4.60. The Bertz CT molecular complexity index is 765. The topological polar surface area (TPSA) is 26.8 Å². The number of nitrogens with zero attached hydrogens (tertiary/aromatic N) is 3. The molecule has 2 saturated heterocycles. The van der Waals surface area contributed by atoms with E-state index in [0.717, 1.165) is 38.0 Å². The molecule has 4 rings (SSSR count). The molecule has 0 unspecified atom stereocenters. The van der Waals surface area contributed by atoms with Gasteiger partial charge in [-0.1, -0.05) is 30.3 Å². The first-order valence-corrected chi connectivity index (χ1v) is 9.84. The number of carbonyl (C=O) groups excluding carboxylic acids is 1. The number of urea groups is 1. The number of amides is 2. The van der Waals surface area contributed by atoms with E-state index in [2.05, 4.69) is 35.3 Å². The quantitative estimate of drug-likeness (QED) is 0.787. The van der Waals surface area contributed by atoms with Crippen LogP contribution < -0.4 is 4.90 Å². The molecule has 0 bridgehead atoms. The van der Waals surface area contributed by atoms with Gasteiger partial charge in [0.15, 0.2) is 0 Å². The first kappa shape index (κ1) is 18.0. The number of halogens is 1. The van der Waals surface area contributed by atoms with Crippen LogP contribution in [0, 0.1) is 11.7 Å². The molecule has 0 aliphatic carbocycles. The molecule has 2 aliphatic rings. The second-order valence-corrected chi connectivity index (χ2v) is 7.48. The monoisotopic (exact) mass is 367 g/mol. The largest absolute Gasteiger partial charge is 0.339 e. The SMILES string of the molecule is O=C1N(c2ccc(F)cc2)CCN1N1CCC[C@@H](CCc2ccccc2)C1. The van der Waals surface area contributed by atoms with Crippen molar-refractivity contribution in [3.05, 3.63) is 66.0 Å². The molecule has 2 aromatic carbocycles. The molecule has 4 nitrogen and oxygen atoms in total. The van der Waals surface area contributed by atoms with Crippen molar-refractivity contribution >= 4 is 11.7 Å². The lowest BCUT2D eigenvalue weighted by atomic mass is 9.92. The molecule has 2 aromatic rings. The highest BCUT2D eigenvalue weighted by molar-refractivity contribution is 5.93. The maximum atomic E-state index is 13.2. The highest BCUT2D eigenvalue weighted by atomic mass is 19.1. The van der Waals surface area contributed by atoms with Crippen LogP contribution in [-0.2, 0) is 6.42 Å². The maximum Gasteiger partial charge on any atom is 0.339 e. The van der Waals surface area contributed by atoms with Gasteiger partial charge in [-0.05, 0) is 61.4 Å². The van der Waals surface area contributed by atoms with E-state index in [1.165, 1.54) is 24.1 Å². The Morgan fingerprint density at radius 1 is 0.963 bits per heavy atom. The Morgan fingerprint density at radius 3 is 2.52 bits per heavy atom. The smallest absolute Gasteiger partial charge is 0.291 e. The number of rotatable bonds is 5. The lowest BCUT2D eigenvalue weighted by Gasteiger charge is -2.38. The van der Waals surface area contributed by atoms with Gasteiger partial charge < -0.3 is 0 Å². The van der Waals surface area contributed by atoms with Crippen molar-refractivity contribution in [2.75, 3.05) is 31.1 Å². The molecule has 0 radical (unpaired) electrons. The summed E-state index contributed by atoms with van der Waals surface area (Å²) in [5.41, 5.74) is 2.15. The number of aryl methyl sites for hydroxylation is 1. The minimum Gasteiger partial charge on any atom is -0.291 e. The molecule has 2 heterocycles. The third-order valence-corrected chi connectivity index (χ3v) is 5.65. The average Bonchev–Trinajstić information content (AvgIpc) is 3.09. The predicted molar refractivity (Wildman–Crippen MR) is 105 cm³/mol. The minimum atomic E-state index is -0.278. The first-order valence-electron chi connectivity index (χ1n) is 9.84. The molecule has 27 heavy (non-hydrogen) atoms. The summed E-state index contributed by atoms with van der Waals surface area (Å²) in [6, 6.07) is 16.8. The van der Waals surface area contributed by atoms with E-state index in [4.69, 9.17) is 0 Å². The molecule has 1 atom stereocenters. The Labute approximate surface area is 160 Å². The number of hydrogen-bond acceptors (Lipinski definition) is 2.